The predicted molar refractivity (Wildman–Crippen MR) is 95.7 cm³/mol. The van der Waals surface area contributed by atoms with Gasteiger partial charge in [-0.25, -0.2) is 0 Å². The Balaban J connectivity index is 1.57. The summed E-state index contributed by atoms with van der Waals surface area (Å²) in [6.07, 6.45) is 0.326. The standard InChI is InChI=1S/C19H21N3O3/c23-18(10-12-22-13-11-20-19(24)14-22)21-16-8-4-5-9-17(16)25-15-6-2-1-3-7-15/h1-9H,10-14H2,(H,20,24)(H,21,23). The highest BCUT2D eigenvalue weighted by molar-refractivity contribution is 5.92. The number of hydrogen-bond acceptors (Lipinski definition) is 4. The minimum Gasteiger partial charge on any atom is -0.455 e. The summed E-state index contributed by atoms with van der Waals surface area (Å²) < 4.78 is 5.84. The molecule has 0 unspecified atom stereocenters. The van der Waals surface area contributed by atoms with Crippen LogP contribution in [0.1, 0.15) is 6.42 Å². The number of anilines is 1. The molecule has 1 saturated heterocycles. The first-order chi connectivity index (χ1) is 12.2. The van der Waals surface area contributed by atoms with Crippen molar-refractivity contribution in [2.75, 3.05) is 31.5 Å². The van der Waals surface area contributed by atoms with Gasteiger partial charge in [0.2, 0.25) is 11.8 Å². The average molecular weight is 339 g/mol. The summed E-state index contributed by atoms with van der Waals surface area (Å²) in [7, 11) is 0. The molecule has 2 amide bonds. The zero-order valence-corrected chi connectivity index (χ0v) is 13.9. The monoisotopic (exact) mass is 339 g/mol. The lowest BCUT2D eigenvalue weighted by atomic mass is 10.2. The topological polar surface area (TPSA) is 70.7 Å². The van der Waals surface area contributed by atoms with E-state index in [0.29, 0.717) is 43.2 Å². The average Bonchev–Trinajstić information content (AvgIpc) is 2.63. The van der Waals surface area contributed by atoms with Crippen molar-refractivity contribution in [3.05, 3.63) is 54.6 Å². The van der Waals surface area contributed by atoms with Crippen molar-refractivity contribution in [3.8, 4) is 11.5 Å². The number of benzene rings is 2. The predicted octanol–water partition coefficient (Wildman–Crippen LogP) is 2.24. The van der Waals surface area contributed by atoms with Gasteiger partial charge in [0.1, 0.15) is 5.75 Å². The van der Waals surface area contributed by atoms with Gasteiger partial charge < -0.3 is 15.4 Å². The Hall–Kier alpha value is -2.86. The molecule has 6 heteroatoms. The number of carbonyl (C=O) groups excluding carboxylic acids is 2. The van der Waals surface area contributed by atoms with Crippen LogP contribution in [0.25, 0.3) is 0 Å². The maximum Gasteiger partial charge on any atom is 0.234 e. The number of nitrogens with one attached hydrogen (secondary N) is 2. The van der Waals surface area contributed by atoms with E-state index in [1.165, 1.54) is 0 Å². The minimum atomic E-state index is -0.102. The maximum absolute atomic E-state index is 12.2. The Bertz CT molecular complexity index is 734. The SMILES string of the molecule is O=C1CN(CCC(=O)Nc2ccccc2Oc2ccccc2)CCN1. The molecular weight excluding hydrogens is 318 g/mol. The molecule has 0 radical (unpaired) electrons. The molecule has 3 rings (SSSR count). The Morgan fingerprint density at radius 3 is 2.68 bits per heavy atom. The highest BCUT2D eigenvalue weighted by atomic mass is 16.5. The van der Waals surface area contributed by atoms with Gasteiger partial charge in [0.25, 0.3) is 0 Å². The normalized spacial score (nSPS) is 14.6. The third-order valence-corrected chi connectivity index (χ3v) is 3.90. The molecule has 2 aromatic rings. The van der Waals surface area contributed by atoms with Crippen LogP contribution in [0, 0.1) is 0 Å². The Morgan fingerprint density at radius 2 is 1.88 bits per heavy atom. The number of piperazine rings is 1. The Morgan fingerprint density at radius 1 is 1.12 bits per heavy atom. The zero-order chi connectivity index (χ0) is 17.5. The number of ether oxygens (including phenoxy) is 1. The van der Waals surface area contributed by atoms with E-state index in [9.17, 15) is 9.59 Å². The van der Waals surface area contributed by atoms with E-state index < -0.39 is 0 Å². The number of rotatable bonds is 6. The second-order valence-corrected chi connectivity index (χ2v) is 5.84. The summed E-state index contributed by atoms with van der Waals surface area (Å²) in [5.74, 6) is 1.21. The van der Waals surface area contributed by atoms with Crippen molar-refractivity contribution in [2.24, 2.45) is 0 Å². The van der Waals surface area contributed by atoms with E-state index in [2.05, 4.69) is 10.6 Å². The van der Waals surface area contributed by atoms with Crippen molar-refractivity contribution in [2.45, 2.75) is 6.42 Å². The molecule has 0 spiro atoms. The molecule has 0 aromatic heterocycles. The van der Waals surface area contributed by atoms with E-state index in [-0.39, 0.29) is 11.8 Å². The van der Waals surface area contributed by atoms with Crippen LogP contribution < -0.4 is 15.4 Å². The second-order valence-electron chi connectivity index (χ2n) is 5.84. The third-order valence-electron chi connectivity index (χ3n) is 3.90. The number of para-hydroxylation sites is 3. The van der Waals surface area contributed by atoms with Crippen molar-refractivity contribution < 1.29 is 14.3 Å². The van der Waals surface area contributed by atoms with Crippen LogP contribution in [-0.2, 0) is 9.59 Å². The van der Waals surface area contributed by atoms with Crippen LogP contribution in [0.5, 0.6) is 11.5 Å². The van der Waals surface area contributed by atoms with Crippen LogP contribution in [-0.4, -0.2) is 42.9 Å². The Labute approximate surface area is 146 Å². The first-order valence-electron chi connectivity index (χ1n) is 8.31. The van der Waals surface area contributed by atoms with Gasteiger partial charge in [0.05, 0.1) is 12.2 Å². The number of carbonyl (C=O) groups is 2. The molecule has 130 valence electrons. The van der Waals surface area contributed by atoms with E-state index in [4.69, 9.17) is 4.74 Å². The summed E-state index contributed by atoms with van der Waals surface area (Å²) in [6.45, 7) is 2.31. The summed E-state index contributed by atoms with van der Waals surface area (Å²) in [6, 6.07) is 16.8. The first kappa shape index (κ1) is 17.0. The Kier molecular flexibility index (Phi) is 5.64. The molecule has 1 fully saturated rings. The lowest BCUT2D eigenvalue weighted by molar-refractivity contribution is -0.125. The summed E-state index contributed by atoms with van der Waals surface area (Å²) >= 11 is 0. The highest BCUT2D eigenvalue weighted by Crippen LogP contribution is 2.29. The molecule has 0 aliphatic carbocycles. The van der Waals surface area contributed by atoms with E-state index in [0.717, 1.165) is 6.54 Å². The highest BCUT2D eigenvalue weighted by Gasteiger charge is 2.17. The molecule has 6 nitrogen and oxygen atoms in total. The fourth-order valence-corrected chi connectivity index (χ4v) is 2.63. The lowest BCUT2D eigenvalue weighted by Gasteiger charge is -2.26. The zero-order valence-electron chi connectivity index (χ0n) is 13.9. The smallest absolute Gasteiger partial charge is 0.234 e. The van der Waals surface area contributed by atoms with Crippen molar-refractivity contribution >= 4 is 17.5 Å². The van der Waals surface area contributed by atoms with Crippen LogP contribution >= 0.6 is 0 Å². The maximum atomic E-state index is 12.2. The molecule has 1 heterocycles. The molecule has 25 heavy (non-hydrogen) atoms. The van der Waals surface area contributed by atoms with Crippen LogP contribution in [0.15, 0.2) is 54.6 Å². The molecule has 1 aliphatic heterocycles. The van der Waals surface area contributed by atoms with Crippen molar-refractivity contribution in [1.29, 1.82) is 0 Å². The number of nitrogens with zero attached hydrogens (tertiary/aromatic N) is 1. The molecule has 2 aromatic carbocycles. The molecule has 1 aliphatic rings. The molecule has 0 bridgehead atoms. The van der Waals surface area contributed by atoms with Gasteiger partial charge in [-0.1, -0.05) is 30.3 Å². The summed E-state index contributed by atoms with van der Waals surface area (Å²) in [5.41, 5.74) is 0.632. The van der Waals surface area contributed by atoms with Gasteiger partial charge >= 0.3 is 0 Å². The fourth-order valence-electron chi connectivity index (χ4n) is 2.63. The van der Waals surface area contributed by atoms with E-state index >= 15 is 0 Å². The molecular formula is C19H21N3O3. The lowest BCUT2D eigenvalue weighted by Crippen LogP contribution is -2.48. The van der Waals surface area contributed by atoms with Crippen LogP contribution in [0.3, 0.4) is 0 Å². The van der Waals surface area contributed by atoms with Gasteiger partial charge in [0.15, 0.2) is 5.75 Å². The third kappa shape index (κ3) is 5.06. The quantitative estimate of drug-likeness (QED) is 0.847. The second kappa shape index (κ2) is 8.30. The molecule has 2 N–H and O–H groups in total. The summed E-state index contributed by atoms with van der Waals surface area (Å²) in [4.78, 5) is 25.6. The van der Waals surface area contributed by atoms with Gasteiger partial charge in [-0.15, -0.1) is 0 Å². The fraction of sp³-hybridized carbons (Fsp3) is 0.263. The minimum absolute atomic E-state index is 0.00765. The first-order valence-corrected chi connectivity index (χ1v) is 8.31. The largest absolute Gasteiger partial charge is 0.455 e. The van der Waals surface area contributed by atoms with Gasteiger partial charge in [-0.05, 0) is 24.3 Å². The molecule has 0 saturated carbocycles. The molecule has 0 atom stereocenters. The van der Waals surface area contributed by atoms with Crippen LogP contribution in [0.4, 0.5) is 5.69 Å². The van der Waals surface area contributed by atoms with E-state index in [1.807, 2.05) is 59.5 Å². The number of amides is 2. The summed E-state index contributed by atoms with van der Waals surface area (Å²) in [5, 5.41) is 5.66. The van der Waals surface area contributed by atoms with Crippen molar-refractivity contribution in [3.63, 3.8) is 0 Å². The van der Waals surface area contributed by atoms with Crippen molar-refractivity contribution in [1.82, 2.24) is 10.2 Å². The van der Waals surface area contributed by atoms with Gasteiger partial charge in [0, 0.05) is 26.1 Å². The number of hydrogen-bond donors (Lipinski definition) is 2. The van der Waals surface area contributed by atoms with E-state index in [1.54, 1.807) is 0 Å². The van der Waals surface area contributed by atoms with Gasteiger partial charge in [-0.3, -0.25) is 14.5 Å². The van der Waals surface area contributed by atoms with Gasteiger partial charge in [-0.2, -0.15) is 0 Å². The van der Waals surface area contributed by atoms with Crippen LogP contribution in [0.2, 0.25) is 0 Å².